The van der Waals surface area contributed by atoms with Gasteiger partial charge in [-0.25, -0.2) is 9.67 Å². The highest BCUT2D eigenvalue weighted by molar-refractivity contribution is 6.32. The number of benzene rings is 1. The van der Waals surface area contributed by atoms with Gasteiger partial charge in [-0.2, -0.15) is 5.10 Å². The second-order valence-electron chi connectivity index (χ2n) is 6.09. The zero-order chi connectivity index (χ0) is 18.0. The molecule has 0 saturated heterocycles. The molecule has 0 aliphatic heterocycles. The molecule has 0 bridgehead atoms. The van der Waals surface area contributed by atoms with E-state index in [1.165, 1.54) is 0 Å². The second-order valence-corrected chi connectivity index (χ2v) is 6.50. The van der Waals surface area contributed by atoms with Crippen molar-refractivity contribution in [3.8, 4) is 5.75 Å². The molecule has 6 nitrogen and oxygen atoms in total. The molecule has 0 aliphatic carbocycles. The molecule has 3 rings (SSSR count). The maximum Gasteiger partial charge on any atom is 0.262 e. The number of carbonyl (C=O) groups is 1. The Morgan fingerprint density at radius 1 is 1.32 bits per heavy atom. The number of carbonyl (C=O) groups excluding carboxylic acids is 1. The van der Waals surface area contributed by atoms with E-state index in [9.17, 15) is 4.79 Å². The number of hydrogen-bond donors (Lipinski definition) is 1. The summed E-state index contributed by atoms with van der Waals surface area (Å²) in [7, 11) is 0. The number of fused-ring (bicyclic) bond motifs is 1. The minimum Gasteiger partial charge on any atom is -0.482 e. The highest BCUT2D eigenvalue weighted by Gasteiger charge is 2.10. The Hall–Kier alpha value is -2.60. The number of amides is 1. The van der Waals surface area contributed by atoms with E-state index < -0.39 is 0 Å². The summed E-state index contributed by atoms with van der Waals surface area (Å²) in [5.74, 6) is 0.207. The normalized spacial score (nSPS) is 11.1. The molecular weight excluding hydrogens is 340 g/mol. The number of anilines is 1. The lowest BCUT2D eigenvalue weighted by molar-refractivity contribution is -0.118. The first-order chi connectivity index (χ1) is 11.9. The van der Waals surface area contributed by atoms with Gasteiger partial charge < -0.3 is 10.1 Å². The summed E-state index contributed by atoms with van der Waals surface area (Å²) in [6, 6.07) is 7.48. The number of rotatable bonds is 5. The third-order valence-corrected chi connectivity index (χ3v) is 3.96. The van der Waals surface area contributed by atoms with Crippen LogP contribution in [-0.2, 0) is 4.79 Å². The van der Waals surface area contributed by atoms with Gasteiger partial charge in [-0.05, 0) is 44.5 Å². The predicted octanol–water partition coefficient (Wildman–Crippen LogP) is 3.99. The van der Waals surface area contributed by atoms with Crippen molar-refractivity contribution in [3.63, 3.8) is 0 Å². The van der Waals surface area contributed by atoms with Gasteiger partial charge in [-0.1, -0.05) is 17.7 Å². The van der Waals surface area contributed by atoms with Gasteiger partial charge in [-0.3, -0.25) is 4.79 Å². The van der Waals surface area contributed by atoms with E-state index in [0.29, 0.717) is 16.5 Å². The van der Waals surface area contributed by atoms with Crippen LogP contribution >= 0.6 is 11.6 Å². The molecule has 0 spiro atoms. The number of aromatic nitrogens is 3. The van der Waals surface area contributed by atoms with Crippen molar-refractivity contribution < 1.29 is 9.53 Å². The summed E-state index contributed by atoms with van der Waals surface area (Å²) in [6.45, 7) is 5.88. The molecule has 2 heterocycles. The molecule has 0 unspecified atom stereocenters. The Morgan fingerprint density at radius 3 is 2.88 bits per heavy atom. The van der Waals surface area contributed by atoms with Crippen molar-refractivity contribution >= 4 is 34.2 Å². The van der Waals surface area contributed by atoms with E-state index in [4.69, 9.17) is 16.3 Å². The first-order valence-corrected chi connectivity index (χ1v) is 8.34. The average molecular weight is 359 g/mol. The maximum absolute atomic E-state index is 12.1. The van der Waals surface area contributed by atoms with Gasteiger partial charge in [0.2, 0.25) is 0 Å². The van der Waals surface area contributed by atoms with Crippen LogP contribution in [-0.4, -0.2) is 27.3 Å². The lowest BCUT2D eigenvalue weighted by Gasteiger charge is -2.10. The van der Waals surface area contributed by atoms with Crippen molar-refractivity contribution in [3.05, 3.63) is 47.2 Å². The number of hydrogen-bond acceptors (Lipinski definition) is 4. The van der Waals surface area contributed by atoms with E-state index in [1.807, 2.05) is 37.6 Å². The summed E-state index contributed by atoms with van der Waals surface area (Å²) < 4.78 is 7.33. The van der Waals surface area contributed by atoms with Gasteiger partial charge in [0.1, 0.15) is 5.75 Å². The quantitative estimate of drug-likeness (QED) is 0.748. The molecule has 1 N–H and O–H groups in total. The van der Waals surface area contributed by atoms with Crippen LogP contribution in [0.1, 0.15) is 25.5 Å². The SMILES string of the molecule is Cc1ccc(Cl)c(OCC(=O)Nc2cnc3c(cnn3C(C)C)c2)c1. The third-order valence-electron chi connectivity index (χ3n) is 3.65. The molecule has 25 heavy (non-hydrogen) atoms. The van der Waals surface area contributed by atoms with Crippen molar-refractivity contribution in [2.75, 3.05) is 11.9 Å². The third kappa shape index (κ3) is 3.91. The van der Waals surface area contributed by atoms with Crippen LogP contribution in [0.4, 0.5) is 5.69 Å². The monoisotopic (exact) mass is 358 g/mol. The van der Waals surface area contributed by atoms with Gasteiger partial charge in [0.25, 0.3) is 5.91 Å². The van der Waals surface area contributed by atoms with Gasteiger partial charge in [0, 0.05) is 11.4 Å². The smallest absolute Gasteiger partial charge is 0.262 e. The minimum atomic E-state index is -0.282. The van der Waals surface area contributed by atoms with Crippen LogP contribution in [0.15, 0.2) is 36.7 Å². The molecule has 1 amide bonds. The number of aryl methyl sites for hydroxylation is 1. The molecule has 7 heteroatoms. The average Bonchev–Trinajstić information content (AvgIpc) is 2.99. The topological polar surface area (TPSA) is 69.0 Å². The van der Waals surface area contributed by atoms with E-state index in [2.05, 4.69) is 15.4 Å². The number of halogens is 1. The summed E-state index contributed by atoms with van der Waals surface area (Å²) >= 11 is 6.06. The van der Waals surface area contributed by atoms with E-state index in [-0.39, 0.29) is 18.6 Å². The Balaban J connectivity index is 1.66. The highest BCUT2D eigenvalue weighted by atomic mass is 35.5. The lowest BCUT2D eigenvalue weighted by atomic mass is 10.2. The van der Waals surface area contributed by atoms with Crippen molar-refractivity contribution in [1.29, 1.82) is 0 Å². The predicted molar refractivity (Wildman–Crippen MR) is 98.2 cm³/mol. The molecule has 0 fully saturated rings. The van der Waals surface area contributed by atoms with Crippen molar-refractivity contribution in [1.82, 2.24) is 14.8 Å². The maximum atomic E-state index is 12.1. The Kier molecular flexibility index (Phi) is 4.90. The standard InChI is InChI=1S/C18H19ClN4O2/c1-11(2)23-18-13(8-21-23)7-14(9-20-18)22-17(24)10-25-16-6-12(3)4-5-15(16)19/h4-9,11H,10H2,1-3H3,(H,22,24). The van der Waals surface area contributed by atoms with E-state index in [1.54, 1.807) is 24.5 Å². The lowest BCUT2D eigenvalue weighted by Crippen LogP contribution is -2.20. The fourth-order valence-corrected chi connectivity index (χ4v) is 2.62. The van der Waals surface area contributed by atoms with Gasteiger partial charge >= 0.3 is 0 Å². The minimum absolute atomic E-state index is 0.132. The molecule has 130 valence electrons. The van der Waals surface area contributed by atoms with E-state index >= 15 is 0 Å². The van der Waals surface area contributed by atoms with Gasteiger partial charge in [0.15, 0.2) is 12.3 Å². The first kappa shape index (κ1) is 17.2. The van der Waals surface area contributed by atoms with Crippen molar-refractivity contribution in [2.24, 2.45) is 0 Å². The Morgan fingerprint density at radius 2 is 2.12 bits per heavy atom. The molecule has 3 aromatic rings. The summed E-state index contributed by atoms with van der Waals surface area (Å²) in [5.41, 5.74) is 2.40. The number of nitrogens with zero attached hydrogens (tertiary/aromatic N) is 3. The molecular formula is C18H19ClN4O2. The largest absolute Gasteiger partial charge is 0.482 e. The Labute approximate surface area is 150 Å². The van der Waals surface area contributed by atoms with Crippen LogP contribution in [0.25, 0.3) is 11.0 Å². The zero-order valence-corrected chi connectivity index (χ0v) is 15.0. The first-order valence-electron chi connectivity index (χ1n) is 7.96. The Bertz CT molecular complexity index is 921. The summed E-state index contributed by atoms with van der Waals surface area (Å²) in [6.07, 6.45) is 3.35. The fraction of sp³-hybridized carbons (Fsp3) is 0.278. The van der Waals surface area contributed by atoms with Crippen molar-refractivity contribution in [2.45, 2.75) is 26.8 Å². The molecule has 0 atom stereocenters. The molecule has 1 aromatic carbocycles. The number of pyridine rings is 1. The zero-order valence-electron chi connectivity index (χ0n) is 14.3. The van der Waals surface area contributed by atoms with Crippen LogP contribution in [0, 0.1) is 6.92 Å². The van der Waals surface area contributed by atoms with Crippen LogP contribution in [0.3, 0.4) is 0 Å². The highest BCUT2D eigenvalue weighted by Crippen LogP contribution is 2.25. The van der Waals surface area contributed by atoms with E-state index in [0.717, 1.165) is 16.6 Å². The van der Waals surface area contributed by atoms with Gasteiger partial charge in [0.05, 0.1) is 23.1 Å². The number of nitrogens with one attached hydrogen (secondary N) is 1. The van der Waals surface area contributed by atoms with Crippen LogP contribution in [0.2, 0.25) is 5.02 Å². The molecule has 0 aliphatic rings. The number of ether oxygens (including phenoxy) is 1. The molecule has 2 aromatic heterocycles. The van der Waals surface area contributed by atoms with Gasteiger partial charge in [-0.15, -0.1) is 0 Å². The molecule has 0 radical (unpaired) electrons. The van der Waals surface area contributed by atoms with Crippen LogP contribution < -0.4 is 10.1 Å². The second kappa shape index (κ2) is 7.11. The van der Waals surface area contributed by atoms with Crippen LogP contribution in [0.5, 0.6) is 5.75 Å². The summed E-state index contributed by atoms with van der Waals surface area (Å²) in [4.78, 5) is 16.5. The molecule has 0 saturated carbocycles. The summed E-state index contributed by atoms with van der Waals surface area (Å²) in [5, 5.41) is 8.43. The fourth-order valence-electron chi connectivity index (χ4n) is 2.45.